The van der Waals surface area contributed by atoms with E-state index in [4.69, 9.17) is 0 Å². The molecule has 5 heteroatoms. The van der Waals surface area contributed by atoms with E-state index in [1.807, 2.05) is 23.9 Å². The summed E-state index contributed by atoms with van der Waals surface area (Å²) < 4.78 is 0. The molecule has 1 fully saturated rings. The zero-order chi connectivity index (χ0) is 15.8. The highest BCUT2D eigenvalue weighted by atomic mass is 16.2. The van der Waals surface area contributed by atoms with Crippen molar-refractivity contribution in [3.05, 3.63) is 25.3 Å². The lowest BCUT2D eigenvalue weighted by molar-refractivity contribution is -0.142. The number of hydrogen-bond acceptors (Lipinski definition) is 3. The first-order chi connectivity index (χ1) is 9.99. The number of hydrogen-bond donors (Lipinski definition) is 0. The molecule has 0 radical (unpaired) electrons. The SMILES string of the molecule is C=CCN(CC=C)C(=O)[C@H]1CCC(=O)N(CCN(C)C)C1. The van der Waals surface area contributed by atoms with Crippen molar-refractivity contribution < 1.29 is 9.59 Å². The summed E-state index contributed by atoms with van der Waals surface area (Å²) in [5.41, 5.74) is 0. The molecular formula is C16H27N3O2. The van der Waals surface area contributed by atoms with Crippen molar-refractivity contribution in [2.24, 2.45) is 5.92 Å². The Labute approximate surface area is 127 Å². The highest BCUT2D eigenvalue weighted by Crippen LogP contribution is 2.20. The molecule has 1 atom stereocenters. The van der Waals surface area contributed by atoms with Crippen molar-refractivity contribution >= 4 is 11.8 Å². The van der Waals surface area contributed by atoms with Crippen LogP contribution in [0.4, 0.5) is 0 Å². The standard InChI is InChI=1S/C16H27N3O2/c1-5-9-18(10-6-2)16(21)14-7-8-15(20)19(13-14)12-11-17(3)4/h5-6,14H,1-2,7-13H2,3-4H3/t14-/m0/s1. The molecule has 1 rings (SSSR count). The normalized spacial score (nSPS) is 18.7. The van der Waals surface area contributed by atoms with Crippen LogP contribution in [0.3, 0.4) is 0 Å². The van der Waals surface area contributed by atoms with Crippen LogP contribution in [-0.2, 0) is 9.59 Å². The first-order valence-corrected chi connectivity index (χ1v) is 7.42. The number of amides is 2. The number of likely N-dealkylation sites (N-methyl/N-ethyl adjacent to an activating group) is 1. The molecule has 0 saturated carbocycles. The van der Waals surface area contributed by atoms with Gasteiger partial charge in [0.25, 0.3) is 0 Å². The number of piperidine rings is 1. The summed E-state index contributed by atoms with van der Waals surface area (Å²) in [4.78, 5) is 30.1. The minimum atomic E-state index is -0.107. The molecule has 0 aromatic rings. The van der Waals surface area contributed by atoms with E-state index in [9.17, 15) is 9.59 Å². The fraction of sp³-hybridized carbons (Fsp3) is 0.625. The topological polar surface area (TPSA) is 43.9 Å². The average molecular weight is 293 g/mol. The number of carbonyl (C=O) groups excluding carboxylic acids is 2. The van der Waals surface area contributed by atoms with Crippen LogP contribution < -0.4 is 0 Å². The van der Waals surface area contributed by atoms with Crippen molar-refractivity contribution in [1.82, 2.24) is 14.7 Å². The van der Waals surface area contributed by atoms with Gasteiger partial charge < -0.3 is 14.7 Å². The van der Waals surface area contributed by atoms with Crippen LogP contribution in [0.1, 0.15) is 12.8 Å². The van der Waals surface area contributed by atoms with Gasteiger partial charge in [-0.05, 0) is 20.5 Å². The monoisotopic (exact) mass is 293 g/mol. The molecule has 1 saturated heterocycles. The third-order valence-corrected chi connectivity index (χ3v) is 3.68. The highest BCUT2D eigenvalue weighted by molar-refractivity contribution is 5.84. The van der Waals surface area contributed by atoms with Crippen molar-refractivity contribution in [3.63, 3.8) is 0 Å². The molecule has 0 bridgehead atoms. The van der Waals surface area contributed by atoms with E-state index in [-0.39, 0.29) is 17.7 Å². The molecule has 21 heavy (non-hydrogen) atoms. The minimum absolute atomic E-state index is 0.0946. The molecule has 0 aromatic heterocycles. The molecule has 0 unspecified atom stereocenters. The molecule has 0 aliphatic carbocycles. The van der Waals surface area contributed by atoms with Crippen molar-refractivity contribution in [2.75, 3.05) is 46.8 Å². The Kier molecular flexibility index (Phi) is 7.15. The van der Waals surface area contributed by atoms with E-state index >= 15 is 0 Å². The van der Waals surface area contributed by atoms with Crippen LogP contribution in [0, 0.1) is 5.92 Å². The van der Waals surface area contributed by atoms with Gasteiger partial charge in [-0.15, -0.1) is 13.2 Å². The fourth-order valence-corrected chi connectivity index (χ4v) is 2.48. The number of carbonyl (C=O) groups is 2. The van der Waals surface area contributed by atoms with Gasteiger partial charge in [-0.2, -0.15) is 0 Å². The second-order valence-electron chi connectivity index (χ2n) is 5.70. The Hall–Kier alpha value is -1.62. The van der Waals surface area contributed by atoms with Crippen molar-refractivity contribution in [2.45, 2.75) is 12.8 Å². The molecule has 0 spiro atoms. The Balaban J connectivity index is 2.65. The van der Waals surface area contributed by atoms with E-state index in [1.54, 1.807) is 17.1 Å². The van der Waals surface area contributed by atoms with Gasteiger partial charge in [-0.3, -0.25) is 9.59 Å². The largest absolute Gasteiger partial charge is 0.341 e. The average Bonchev–Trinajstić information content (AvgIpc) is 2.45. The van der Waals surface area contributed by atoms with Gasteiger partial charge in [0.1, 0.15) is 0 Å². The van der Waals surface area contributed by atoms with Crippen LogP contribution in [0.5, 0.6) is 0 Å². The number of rotatable bonds is 8. The molecular weight excluding hydrogens is 266 g/mol. The van der Waals surface area contributed by atoms with E-state index < -0.39 is 0 Å². The summed E-state index contributed by atoms with van der Waals surface area (Å²) in [6, 6.07) is 0. The van der Waals surface area contributed by atoms with Gasteiger partial charge >= 0.3 is 0 Å². The third-order valence-electron chi connectivity index (χ3n) is 3.68. The summed E-state index contributed by atoms with van der Waals surface area (Å²) in [5.74, 6) is 0.141. The number of likely N-dealkylation sites (tertiary alicyclic amines) is 1. The lowest BCUT2D eigenvalue weighted by Gasteiger charge is -2.35. The lowest BCUT2D eigenvalue weighted by atomic mass is 9.96. The Bertz CT molecular complexity index is 383. The Morgan fingerprint density at radius 2 is 1.95 bits per heavy atom. The highest BCUT2D eigenvalue weighted by Gasteiger charge is 2.31. The summed E-state index contributed by atoms with van der Waals surface area (Å²) in [6.45, 7) is 10.4. The van der Waals surface area contributed by atoms with E-state index in [0.29, 0.717) is 39.0 Å². The fourth-order valence-electron chi connectivity index (χ4n) is 2.48. The second kappa shape index (κ2) is 8.62. The van der Waals surface area contributed by atoms with Crippen LogP contribution in [-0.4, -0.2) is 73.3 Å². The first kappa shape index (κ1) is 17.4. The van der Waals surface area contributed by atoms with E-state index in [2.05, 4.69) is 13.2 Å². The summed E-state index contributed by atoms with van der Waals surface area (Å²) in [7, 11) is 3.96. The van der Waals surface area contributed by atoms with Crippen LogP contribution >= 0.6 is 0 Å². The second-order valence-corrected chi connectivity index (χ2v) is 5.70. The predicted octanol–water partition coefficient (Wildman–Crippen LogP) is 0.987. The molecule has 5 nitrogen and oxygen atoms in total. The van der Waals surface area contributed by atoms with Crippen molar-refractivity contribution in [3.8, 4) is 0 Å². The van der Waals surface area contributed by atoms with E-state index in [0.717, 1.165) is 6.54 Å². The summed E-state index contributed by atoms with van der Waals surface area (Å²) in [6.07, 6.45) is 4.54. The molecule has 1 heterocycles. The molecule has 118 valence electrons. The Morgan fingerprint density at radius 1 is 1.33 bits per heavy atom. The smallest absolute Gasteiger partial charge is 0.228 e. The Morgan fingerprint density at radius 3 is 2.48 bits per heavy atom. The third kappa shape index (κ3) is 5.34. The first-order valence-electron chi connectivity index (χ1n) is 7.42. The maximum Gasteiger partial charge on any atom is 0.228 e. The van der Waals surface area contributed by atoms with Gasteiger partial charge in [-0.1, -0.05) is 12.2 Å². The molecule has 1 aliphatic heterocycles. The molecule has 0 aromatic carbocycles. The quantitative estimate of drug-likeness (QED) is 0.627. The predicted molar refractivity (Wildman–Crippen MR) is 84.8 cm³/mol. The van der Waals surface area contributed by atoms with Crippen LogP contribution in [0.25, 0.3) is 0 Å². The molecule has 1 aliphatic rings. The summed E-state index contributed by atoms with van der Waals surface area (Å²) in [5, 5.41) is 0. The van der Waals surface area contributed by atoms with Gasteiger partial charge in [0.2, 0.25) is 11.8 Å². The molecule has 0 N–H and O–H groups in total. The lowest BCUT2D eigenvalue weighted by Crippen LogP contribution is -2.48. The minimum Gasteiger partial charge on any atom is -0.341 e. The van der Waals surface area contributed by atoms with Crippen LogP contribution in [0.2, 0.25) is 0 Å². The maximum absolute atomic E-state index is 12.6. The number of nitrogens with zero attached hydrogens (tertiary/aromatic N) is 3. The maximum atomic E-state index is 12.6. The van der Waals surface area contributed by atoms with Gasteiger partial charge in [0.05, 0.1) is 5.92 Å². The van der Waals surface area contributed by atoms with Gasteiger partial charge in [-0.25, -0.2) is 0 Å². The summed E-state index contributed by atoms with van der Waals surface area (Å²) >= 11 is 0. The zero-order valence-corrected chi connectivity index (χ0v) is 13.3. The van der Waals surface area contributed by atoms with Gasteiger partial charge in [0.15, 0.2) is 0 Å². The van der Waals surface area contributed by atoms with E-state index in [1.165, 1.54) is 0 Å². The molecule has 2 amide bonds. The zero-order valence-electron chi connectivity index (χ0n) is 13.3. The van der Waals surface area contributed by atoms with Crippen molar-refractivity contribution in [1.29, 1.82) is 0 Å². The van der Waals surface area contributed by atoms with Gasteiger partial charge in [0, 0.05) is 39.1 Å². The van der Waals surface area contributed by atoms with Crippen LogP contribution in [0.15, 0.2) is 25.3 Å².